The highest BCUT2D eigenvalue weighted by Crippen LogP contribution is 2.32. The van der Waals surface area contributed by atoms with Crippen LogP contribution in [0, 0.1) is 17.5 Å². The van der Waals surface area contributed by atoms with Crippen molar-refractivity contribution in [1.29, 1.82) is 0 Å². The Morgan fingerprint density at radius 1 is 1.16 bits per heavy atom. The Bertz CT molecular complexity index is 580. The lowest BCUT2D eigenvalue weighted by Crippen LogP contribution is -2.19. The van der Waals surface area contributed by atoms with Crippen LogP contribution < -0.4 is 5.32 Å². The molecular formula is C14H14F3NS. The highest BCUT2D eigenvalue weighted by atomic mass is 32.1. The van der Waals surface area contributed by atoms with E-state index in [1.807, 2.05) is 18.4 Å². The molecule has 5 heteroatoms. The Hall–Kier alpha value is -1.33. The van der Waals surface area contributed by atoms with Crippen molar-refractivity contribution in [3.63, 3.8) is 0 Å². The molecule has 1 heterocycles. The summed E-state index contributed by atoms with van der Waals surface area (Å²) in [4.78, 5) is 0.926. The van der Waals surface area contributed by atoms with Crippen molar-refractivity contribution in [1.82, 2.24) is 5.32 Å². The summed E-state index contributed by atoms with van der Waals surface area (Å²) in [6, 6.07) is 3.01. The van der Waals surface area contributed by atoms with Gasteiger partial charge in [0.2, 0.25) is 0 Å². The van der Waals surface area contributed by atoms with Crippen LogP contribution in [0.5, 0.6) is 0 Å². The Morgan fingerprint density at radius 2 is 1.84 bits per heavy atom. The highest BCUT2D eigenvalue weighted by Gasteiger charge is 2.22. The van der Waals surface area contributed by atoms with Crippen LogP contribution in [0.1, 0.15) is 29.0 Å². The summed E-state index contributed by atoms with van der Waals surface area (Å²) in [6.45, 7) is 2.00. The molecule has 0 saturated heterocycles. The Kier molecular flexibility index (Phi) is 4.27. The van der Waals surface area contributed by atoms with Gasteiger partial charge in [0.05, 0.1) is 6.04 Å². The van der Waals surface area contributed by atoms with Gasteiger partial charge in [-0.1, -0.05) is 6.92 Å². The first-order valence-electron chi connectivity index (χ1n) is 5.96. The molecule has 2 aromatic rings. The van der Waals surface area contributed by atoms with Crippen LogP contribution >= 0.6 is 11.3 Å². The van der Waals surface area contributed by atoms with E-state index in [-0.39, 0.29) is 5.56 Å². The fraction of sp³-hybridized carbons (Fsp3) is 0.286. The normalized spacial score (nSPS) is 12.7. The van der Waals surface area contributed by atoms with Crippen LogP contribution in [0.25, 0.3) is 0 Å². The van der Waals surface area contributed by atoms with Gasteiger partial charge in [0.25, 0.3) is 0 Å². The minimum absolute atomic E-state index is 0.124. The Balaban J connectivity index is 2.51. The van der Waals surface area contributed by atoms with E-state index in [0.29, 0.717) is 6.07 Å². The van der Waals surface area contributed by atoms with E-state index in [1.54, 1.807) is 7.05 Å². The summed E-state index contributed by atoms with van der Waals surface area (Å²) >= 11 is 1.48. The van der Waals surface area contributed by atoms with Crippen LogP contribution in [0.15, 0.2) is 23.6 Å². The number of thiophene rings is 1. The van der Waals surface area contributed by atoms with Gasteiger partial charge >= 0.3 is 0 Å². The molecule has 0 bridgehead atoms. The van der Waals surface area contributed by atoms with Gasteiger partial charge < -0.3 is 5.32 Å². The second-order valence-electron chi connectivity index (χ2n) is 4.17. The second-order valence-corrected chi connectivity index (χ2v) is 5.12. The molecular weight excluding hydrogens is 271 g/mol. The fourth-order valence-corrected chi connectivity index (χ4v) is 3.20. The molecule has 0 amide bonds. The summed E-state index contributed by atoms with van der Waals surface area (Å²) in [6.07, 6.45) is 0.808. The van der Waals surface area contributed by atoms with Gasteiger partial charge in [-0.25, -0.2) is 13.2 Å². The lowest BCUT2D eigenvalue weighted by atomic mass is 10.0. The first-order chi connectivity index (χ1) is 9.08. The smallest absolute Gasteiger partial charge is 0.161 e. The maximum Gasteiger partial charge on any atom is 0.161 e. The molecule has 102 valence electrons. The molecule has 2 rings (SSSR count). The Morgan fingerprint density at radius 3 is 2.47 bits per heavy atom. The molecule has 1 unspecified atom stereocenters. The van der Waals surface area contributed by atoms with Crippen molar-refractivity contribution in [2.75, 3.05) is 7.05 Å². The van der Waals surface area contributed by atoms with Crippen LogP contribution in [-0.2, 0) is 6.42 Å². The molecule has 0 saturated carbocycles. The SMILES string of the molecule is CCc1ccsc1C(NC)c1cc(F)c(F)cc1F. The molecule has 0 radical (unpaired) electrons. The zero-order valence-corrected chi connectivity index (χ0v) is 11.5. The number of hydrogen-bond donors (Lipinski definition) is 1. The molecule has 1 nitrogen and oxygen atoms in total. The number of hydrogen-bond acceptors (Lipinski definition) is 2. The lowest BCUT2D eigenvalue weighted by Gasteiger charge is -2.18. The van der Waals surface area contributed by atoms with Crippen LogP contribution in [0.3, 0.4) is 0 Å². The van der Waals surface area contributed by atoms with Crippen molar-refractivity contribution in [2.45, 2.75) is 19.4 Å². The topological polar surface area (TPSA) is 12.0 Å². The lowest BCUT2D eigenvalue weighted by molar-refractivity contribution is 0.484. The van der Waals surface area contributed by atoms with Gasteiger partial charge in [0, 0.05) is 16.5 Å². The quantitative estimate of drug-likeness (QED) is 0.836. The molecule has 0 aliphatic carbocycles. The van der Waals surface area contributed by atoms with E-state index in [9.17, 15) is 13.2 Å². The van der Waals surface area contributed by atoms with Crippen molar-refractivity contribution in [3.8, 4) is 0 Å². The van der Waals surface area contributed by atoms with Gasteiger partial charge in [-0.2, -0.15) is 0 Å². The monoisotopic (exact) mass is 285 g/mol. The van der Waals surface area contributed by atoms with Gasteiger partial charge in [-0.3, -0.25) is 0 Å². The van der Waals surface area contributed by atoms with Crippen molar-refractivity contribution in [2.24, 2.45) is 0 Å². The van der Waals surface area contributed by atoms with Gasteiger partial charge in [0.1, 0.15) is 5.82 Å². The molecule has 0 aliphatic rings. The van der Waals surface area contributed by atoms with Gasteiger partial charge in [-0.15, -0.1) is 11.3 Å². The van der Waals surface area contributed by atoms with E-state index >= 15 is 0 Å². The maximum atomic E-state index is 13.9. The van der Waals surface area contributed by atoms with Gasteiger partial charge in [0.15, 0.2) is 11.6 Å². The Labute approximate surface area is 114 Å². The third-order valence-corrected chi connectivity index (χ3v) is 4.09. The van der Waals surface area contributed by atoms with E-state index in [2.05, 4.69) is 5.32 Å². The molecule has 0 fully saturated rings. The maximum absolute atomic E-state index is 13.9. The van der Waals surface area contributed by atoms with Crippen LogP contribution in [0.2, 0.25) is 0 Å². The predicted molar refractivity (Wildman–Crippen MR) is 70.9 cm³/mol. The second kappa shape index (κ2) is 5.75. The van der Waals surface area contributed by atoms with Crippen molar-refractivity contribution in [3.05, 3.63) is 57.0 Å². The number of rotatable bonds is 4. The number of benzene rings is 1. The summed E-state index contributed by atoms with van der Waals surface area (Å²) in [7, 11) is 1.67. The predicted octanol–water partition coefficient (Wildman–Crippen LogP) is 4.04. The molecule has 0 aliphatic heterocycles. The molecule has 1 aromatic carbocycles. The summed E-state index contributed by atoms with van der Waals surface area (Å²) in [5.41, 5.74) is 1.20. The molecule has 19 heavy (non-hydrogen) atoms. The van der Waals surface area contributed by atoms with Crippen molar-refractivity contribution < 1.29 is 13.2 Å². The van der Waals surface area contributed by atoms with E-state index in [4.69, 9.17) is 0 Å². The average molecular weight is 285 g/mol. The first kappa shape index (κ1) is 14.1. The van der Waals surface area contributed by atoms with E-state index in [1.165, 1.54) is 11.3 Å². The third kappa shape index (κ3) is 2.67. The molecule has 1 atom stereocenters. The van der Waals surface area contributed by atoms with Gasteiger partial charge in [-0.05, 0) is 36.5 Å². The van der Waals surface area contributed by atoms with Crippen LogP contribution in [0.4, 0.5) is 13.2 Å². The summed E-state index contributed by atoms with van der Waals surface area (Å²) in [5, 5.41) is 4.88. The summed E-state index contributed by atoms with van der Waals surface area (Å²) < 4.78 is 40.1. The largest absolute Gasteiger partial charge is 0.309 e. The fourth-order valence-electron chi connectivity index (χ4n) is 2.08. The molecule has 1 aromatic heterocycles. The van der Waals surface area contributed by atoms with Crippen molar-refractivity contribution >= 4 is 11.3 Å². The minimum atomic E-state index is -1.17. The third-order valence-electron chi connectivity index (χ3n) is 3.06. The highest BCUT2D eigenvalue weighted by molar-refractivity contribution is 7.10. The number of nitrogens with one attached hydrogen (secondary N) is 1. The van der Waals surface area contributed by atoms with E-state index < -0.39 is 23.5 Å². The standard InChI is InChI=1S/C14H14F3NS/c1-3-8-4-5-19-14(8)13(18-2)9-6-11(16)12(17)7-10(9)15/h4-7,13,18H,3H2,1-2H3. The number of halogens is 3. The first-order valence-corrected chi connectivity index (χ1v) is 6.84. The zero-order valence-electron chi connectivity index (χ0n) is 10.6. The average Bonchev–Trinajstić information content (AvgIpc) is 2.84. The molecule has 0 spiro atoms. The summed E-state index contributed by atoms with van der Waals surface area (Å²) in [5.74, 6) is -2.95. The van der Waals surface area contributed by atoms with E-state index in [0.717, 1.165) is 22.9 Å². The minimum Gasteiger partial charge on any atom is -0.309 e. The zero-order chi connectivity index (χ0) is 14.0. The number of aryl methyl sites for hydroxylation is 1. The molecule has 1 N–H and O–H groups in total. The van der Waals surface area contributed by atoms with Crippen LogP contribution in [-0.4, -0.2) is 7.05 Å².